The van der Waals surface area contributed by atoms with Gasteiger partial charge in [-0.15, -0.1) is 12.4 Å². The third kappa shape index (κ3) is 6.00. The Labute approximate surface area is 161 Å². The highest BCUT2D eigenvalue weighted by Gasteiger charge is 2.52. The molecule has 0 saturated carbocycles. The van der Waals surface area contributed by atoms with Crippen LogP contribution in [0.15, 0.2) is 24.3 Å². The molecule has 1 aromatic carbocycles. The Morgan fingerprint density at radius 3 is 2.52 bits per heavy atom. The lowest BCUT2D eigenvalue weighted by molar-refractivity contribution is -0.188. The van der Waals surface area contributed by atoms with Crippen molar-refractivity contribution in [3.63, 3.8) is 0 Å². The van der Waals surface area contributed by atoms with Crippen molar-refractivity contribution in [1.29, 1.82) is 0 Å². The van der Waals surface area contributed by atoms with Crippen LogP contribution in [0, 0.1) is 11.8 Å². The van der Waals surface area contributed by atoms with Crippen molar-refractivity contribution >= 4 is 24.3 Å². The molecule has 1 heterocycles. The van der Waals surface area contributed by atoms with E-state index in [0.29, 0.717) is 5.75 Å². The molecule has 6 nitrogen and oxygen atoms in total. The van der Waals surface area contributed by atoms with Gasteiger partial charge in [0, 0.05) is 26.7 Å². The Morgan fingerprint density at radius 2 is 2.00 bits per heavy atom. The minimum Gasteiger partial charge on any atom is -0.497 e. The maximum Gasteiger partial charge on any atom is 0.393 e. The Hall–Kier alpha value is -2.00. The van der Waals surface area contributed by atoms with Crippen LogP contribution in [0.2, 0.25) is 0 Å². The smallest absolute Gasteiger partial charge is 0.393 e. The number of aliphatic carboxylic acids is 1. The number of nitrogens with zero attached hydrogens (tertiary/aromatic N) is 2. The number of likely N-dealkylation sites (tertiary alicyclic amines) is 1. The van der Waals surface area contributed by atoms with E-state index < -0.39 is 30.5 Å². The average molecular weight is 411 g/mol. The van der Waals surface area contributed by atoms with Gasteiger partial charge in [-0.1, -0.05) is 12.1 Å². The number of benzene rings is 1. The van der Waals surface area contributed by atoms with E-state index in [1.165, 1.54) is 16.9 Å². The lowest BCUT2D eigenvalue weighted by Gasteiger charge is -2.22. The van der Waals surface area contributed by atoms with Gasteiger partial charge < -0.3 is 14.7 Å². The molecule has 1 amide bonds. The third-order valence-electron chi connectivity index (χ3n) is 4.47. The van der Waals surface area contributed by atoms with Crippen LogP contribution in [-0.4, -0.2) is 66.8 Å². The molecule has 0 radical (unpaired) electrons. The molecule has 152 valence electrons. The van der Waals surface area contributed by atoms with Gasteiger partial charge in [0.15, 0.2) is 0 Å². The fourth-order valence-corrected chi connectivity index (χ4v) is 3.04. The summed E-state index contributed by atoms with van der Waals surface area (Å²) in [6, 6.07) is 7.11. The predicted molar refractivity (Wildman–Crippen MR) is 93.8 cm³/mol. The van der Waals surface area contributed by atoms with Gasteiger partial charge in [0.1, 0.15) is 5.75 Å². The molecular weight excluding hydrogens is 389 g/mol. The summed E-state index contributed by atoms with van der Waals surface area (Å²) in [6.07, 6.45) is -4.60. The number of amides is 1. The van der Waals surface area contributed by atoms with Crippen molar-refractivity contribution in [3.05, 3.63) is 29.8 Å². The molecule has 0 spiro atoms. The number of likely N-dealkylation sites (N-methyl/N-ethyl adjacent to an activating group) is 1. The highest BCUT2D eigenvalue weighted by Crippen LogP contribution is 2.37. The summed E-state index contributed by atoms with van der Waals surface area (Å²) in [5.41, 5.74) is 0.818. The van der Waals surface area contributed by atoms with E-state index >= 15 is 0 Å². The molecule has 0 aliphatic carbocycles. The minimum atomic E-state index is -4.60. The molecule has 27 heavy (non-hydrogen) atoms. The normalized spacial score (nSPS) is 20.0. The second kappa shape index (κ2) is 9.27. The second-order valence-electron chi connectivity index (χ2n) is 6.39. The molecule has 1 saturated heterocycles. The highest BCUT2D eigenvalue weighted by atomic mass is 35.5. The molecule has 1 aliphatic heterocycles. The standard InChI is InChI=1S/C17H21F3N2O4.ClH/c1-21(7-11-4-3-5-12(6-11)26-2)15(23)10-22-8-13(16(24)25)14(9-22)17(18,19)20;/h3-6,13-14H,7-10H2,1-2H3,(H,24,25);1H/t13-,14-;/m1./s1. The Kier molecular flexibility index (Phi) is 7.91. The van der Waals surface area contributed by atoms with E-state index in [9.17, 15) is 22.8 Å². The first-order chi connectivity index (χ1) is 12.1. The van der Waals surface area contributed by atoms with E-state index in [-0.39, 0.29) is 37.9 Å². The zero-order valence-corrected chi connectivity index (χ0v) is 15.7. The topological polar surface area (TPSA) is 70.1 Å². The molecule has 1 fully saturated rings. The van der Waals surface area contributed by atoms with Crippen LogP contribution in [0.3, 0.4) is 0 Å². The zero-order valence-electron chi connectivity index (χ0n) is 14.9. The van der Waals surface area contributed by atoms with Gasteiger partial charge in [-0.05, 0) is 17.7 Å². The first-order valence-electron chi connectivity index (χ1n) is 8.00. The van der Waals surface area contributed by atoms with Gasteiger partial charge in [0.05, 0.1) is 25.5 Å². The lowest BCUT2D eigenvalue weighted by atomic mass is 9.96. The van der Waals surface area contributed by atoms with Gasteiger partial charge in [0.25, 0.3) is 0 Å². The summed E-state index contributed by atoms with van der Waals surface area (Å²) in [6.45, 7) is -0.761. The maximum absolute atomic E-state index is 13.0. The summed E-state index contributed by atoms with van der Waals surface area (Å²) in [7, 11) is 3.07. The number of ether oxygens (including phenoxy) is 1. The molecule has 1 N–H and O–H groups in total. The van der Waals surface area contributed by atoms with Gasteiger partial charge in [0.2, 0.25) is 5.91 Å². The molecule has 0 bridgehead atoms. The fraction of sp³-hybridized carbons (Fsp3) is 0.529. The number of rotatable bonds is 6. The van der Waals surface area contributed by atoms with E-state index in [2.05, 4.69) is 0 Å². The van der Waals surface area contributed by atoms with Crippen LogP contribution in [0.25, 0.3) is 0 Å². The Balaban J connectivity index is 0.00000364. The van der Waals surface area contributed by atoms with Crippen molar-refractivity contribution in [2.45, 2.75) is 12.7 Å². The number of halogens is 4. The quantitative estimate of drug-likeness (QED) is 0.779. The van der Waals surface area contributed by atoms with Crippen LogP contribution in [0.4, 0.5) is 13.2 Å². The monoisotopic (exact) mass is 410 g/mol. The van der Waals surface area contributed by atoms with Crippen molar-refractivity contribution in [2.75, 3.05) is 33.8 Å². The molecule has 2 atom stereocenters. The number of carboxylic acids is 1. The fourth-order valence-electron chi connectivity index (χ4n) is 3.04. The predicted octanol–water partition coefficient (Wildman–Crippen LogP) is 2.27. The van der Waals surface area contributed by atoms with Gasteiger partial charge >= 0.3 is 12.1 Å². The Morgan fingerprint density at radius 1 is 1.33 bits per heavy atom. The van der Waals surface area contributed by atoms with Crippen molar-refractivity contribution in [2.24, 2.45) is 11.8 Å². The number of alkyl halides is 3. The summed E-state index contributed by atoms with van der Waals surface area (Å²) in [5, 5.41) is 9.02. The lowest BCUT2D eigenvalue weighted by Crippen LogP contribution is -2.38. The summed E-state index contributed by atoms with van der Waals surface area (Å²) in [4.78, 5) is 26.1. The minimum absolute atomic E-state index is 0. The molecule has 10 heteroatoms. The maximum atomic E-state index is 13.0. The first kappa shape index (κ1) is 23.0. The second-order valence-corrected chi connectivity index (χ2v) is 6.39. The van der Waals surface area contributed by atoms with Gasteiger partial charge in [-0.3, -0.25) is 14.5 Å². The van der Waals surface area contributed by atoms with Crippen molar-refractivity contribution < 1.29 is 32.6 Å². The van der Waals surface area contributed by atoms with Crippen LogP contribution in [0.1, 0.15) is 5.56 Å². The SMILES string of the molecule is COc1cccc(CN(C)C(=O)CN2C[C@@H](C(F)(F)F)[C@H](C(=O)O)C2)c1.Cl. The molecule has 0 aromatic heterocycles. The van der Waals surface area contributed by atoms with Crippen molar-refractivity contribution in [1.82, 2.24) is 9.80 Å². The molecule has 1 aliphatic rings. The molecule has 2 rings (SSSR count). The number of carbonyl (C=O) groups is 2. The first-order valence-corrected chi connectivity index (χ1v) is 8.00. The van der Waals surface area contributed by atoms with Crippen LogP contribution in [-0.2, 0) is 16.1 Å². The number of carboxylic acid groups (broad SMARTS) is 1. The van der Waals surface area contributed by atoms with Crippen molar-refractivity contribution in [3.8, 4) is 5.75 Å². The van der Waals surface area contributed by atoms with Gasteiger partial charge in [-0.25, -0.2) is 0 Å². The molecule has 1 aromatic rings. The highest BCUT2D eigenvalue weighted by molar-refractivity contribution is 5.85. The van der Waals surface area contributed by atoms with Gasteiger partial charge in [-0.2, -0.15) is 13.2 Å². The average Bonchev–Trinajstić information content (AvgIpc) is 2.99. The summed E-state index contributed by atoms with van der Waals surface area (Å²) < 4.78 is 44.1. The number of hydrogen-bond donors (Lipinski definition) is 1. The van der Waals surface area contributed by atoms with Crippen LogP contribution >= 0.6 is 12.4 Å². The largest absolute Gasteiger partial charge is 0.497 e. The van der Waals surface area contributed by atoms with E-state index in [4.69, 9.17) is 9.84 Å². The third-order valence-corrected chi connectivity index (χ3v) is 4.47. The molecular formula is C17H22ClF3N2O4. The van der Waals surface area contributed by atoms with E-state index in [1.54, 1.807) is 25.2 Å². The number of methoxy groups -OCH3 is 1. The zero-order chi connectivity index (χ0) is 19.5. The van der Waals surface area contributed by atoms with Crippen LogP contribution < -0.4 is 4.74 Å². The van der Waals surface area contributed by atoms with Crippen LogP contribution in [0.5, 0.6) is 5.75 Å². The number of carbonyl (C=O) groups excluding carboxylic acids is 1. The van der Waals surface area contributed by atoms with E-state index in [0.717, 1.165) is 5.56 Å². The molecule has 0 unspecified atom stereocenters. The summed E-state index contributed by atoms with van der Waals surface area (Å²) in [5.74, 6) is -4.74. The number of hydrogen-bond acceptors (Lipinski definition) is 4. The van der Waals surface area contributed by atoms with E-state index in [1.807, 2.05) is 6.07 Å². The summed E-state index contributed by atoms with van der Waals surface area (Å²) >= 11 is 0. The Bertz CT molecular complexity index is 672.